The van der Waals surface area contributed by atoms with Gasteiger partial charge >= 0.3 is 0 Å². The van der Waals surface area contributed by atoms with Crippen molar-refractivity contribution in [3.8, 4) is 11.4 Å². The fourth-order valence-corrected chi connectivity index (χ4v) is 2.76. The maximum atomic E-state index is 5.27. The number of hydrogen-bond acceptors (Lipinski definition) is 9. The van der Waals surface area contributed by atoms with Crippen LogP contribution in [-0.4, -0.2) is 38.8 Å². The average Bonchev–Trinajstić information content (AvgIpc) is 3.34. The fraction of sp³-hybridized carbons (Fsp3) is 0.353. The zero-order valence-corrected chi connectivity index (χ0v) is 14.4. The summed E-state index contributed by atoms with van der Waals surface area (Å²) in [4.78, 5) is 17.8. The highest BCUT2D eigenvalue weighted by Crippen LogP contribution is 2.25. The monoisotopic (exact) mass is 353 g/mol. The van der Waals surface area contributed by atoms with E-state index in [0.717, 1.165) is 35.7 Å². The zero-order chi connectivity index (χ0) is 17.8. The molecule has 3 aromatic heterocycles. The number of nitrogens with zero attached hydrogens (tertiary/aromatic N) is 5. The van der Waals surface area contributed by atoms with Crippen molar-refractivity contribution in [2.24, 2.45) is 0 Å². The molecule has 0 saturated carbocycles. The molecular formula is C17H19N7O2. The topological polar surface area (TPSA) is 111 Å². The van der Waals surface area contributed by atoms with Crippen molar-refractivity contribution in [3.05, 3.63) is 47.5 Å². The molecule has 0 aromatic carbocycles. The van der Waals surface area contributed by atoms with E-state index in [9.17, 15) is 0 Å². The molecule has 0 saturated heterocycles. The zero-order valence-electron chi connectivity index (χ0n) is 14.4. The number of rotatable bonds is 7. The molecule has 1 aliphatic rings. The molecule has 0 atom stereocenters. The largest absolute Gasteiger partial charge is 0.384 e. The second kappa shape index (κ2) is 7.54. The van der Waals surface area contributed by atoms with Gasteiger partial charge in [-0.05, 0) is 12.1 Å². The maximum Gasteiger partial charge on any atom is 0.245 e. The van der Waals surface area contributed by atoms with Gasteiger partial charge in [0.2, 0.25) is 5.89 Å². The number of hydrogen-bond donors (Lipinski definition) is 2. The minimum Gasteiger partial charge on any atom is -0.384 e. The van der Waals surface area contributed by atoms with Gasteiger partial charge in [0.1, 0.15) is 5.82 Å². The summed E-state index contributed by atoms with van der Waals surface area (Å²) in [5.74, 6) is 2.60. The third-order valence-corrected chi connectivity index (χ3v) is 4.07. The number of anilines is 1. The van der Waals surface area contributed by atoms with Crippen molar-refractivity contribution < 1.29 is 9.26 Å². The minimum absolute atomic E-state index is 0.402. The van der Waals surface area contributed by atoms with Gasteiger partial charge in [0, 0.05) is 50.1 Å². The summed E-state index contributed by atoms with van der Waals surface area (Å²) >= 11 is 0. The molecule has 0 aliphatic carbocycles. The van der Waals surface area contributed by atoms with Gasteiger partial charge in [0.25, 0.3) is 0 Å². The number of aromatic nitrogens is 5. The smallest absolute Gasteiger partial charge is 0.245 e. The van der Waals surface area contributed by atoms with Gasteiger partial charge in [-0.3, -0.25) is 4.98 Å². The van der Waals surface area contributed by atoms with Crippen LogP contribution < -0.4 is 10.6 Å². The number of fused-ring (bicyclic) bond motifs is 1. The van der Waals surface area contributed by atoms with E-state index in [1.165, 1.54) is 0 Å². The van der Waals surface area contributed by atoms with Gasteiger partial charge in [-0.1, -0.05) is 5.16 Å². The normalized spacial score (nSPS) is 13.0. The lowest BCUT2D eigenvalue weighted by atomic mass is 10.2. The van der Waals surface area contributed by atoms with E-state index in [4.69, 9.17) is 9.26 Å². The summed E-state index contributed by atoms with van der Waals surface area (Å²) in [5.41, 5.74) is 3.00. The van der Waals surface area contributed by atoms with Crippen molar-refractivity contribution >= 4 is 5.82 Å². The van der Waals surface area contributed by atoms with Crippen molar-refractivity contribution in [3.63, 3.8) is 0 Å². The quantitative estimate of drug-likeness (QED) is 0.649. The number of nitrogens with one attached hydrogen (secondary N) is 2. The van der Waals surface area contributed by atoms with E-state index < -0.39 is 0 Å². The Labute approximate surface area is 150 Å². The van der Waals surface area contributed by atoms with Crippen LogP contribution in [0.25, 0.3) is 11.4 Å². The summed E-state index contributed by atoms with van der Waals surface area (Å²) < 4.78 is 10.3. The van der Waals surface area contributed by atoms with Crippen LogP contribution in [0.15, 0.2) is 29.0 Å². The van der Waals surface area contributed by atoms with Gasteiger partial charge in [-0.25, -0.2) is 9.97 Å². The lowest BCUT2D eigenvalue weighted by Crippen LogP contribution is -2.08. The summed E-state index contributed by atoms with van der Waals surface area (Å²) in [6.07, 6.45) is 4.09. The van der Waals surface area contributed by atoms with Crippen molar-refractivity contribution in [2.75, 3.05) is 19.0 Å². The highest BCUT2D eigenvalue weighted by atomic mass is 16.5. The van der Waals surface area contributed by atoms with Crippen molar-refractivity contribution in [1.82, 2.24) is 30.4 Å². The third-order valence-electron chi connectivity index (χ3n) is 4.07. The lowest BCUT2D eigenvalue weighted by Gasteiger charge is -2.10. The first-order valence-electron chi connectivity index (χ1n) is 8.38. The van der Waals surface area contributed by atoms with Gasteiger partial charge in [0.15, 0.2) is 11.6 Å². The lowest BCUT2D eigenvalue weighted by molar-refractivity contribution is 0.199. The Kier molecular flexibility index (Phi) is 4.80. The van der Waals surface area contributed by atoms with Crippen LogP contribution >= 0.6 is 0 Å². The molecule has 0 spiro atoms. The van der Waals surface area contributed by atoms with E-state index in [0.29, 0.717) is 37.1 Å². The highest BCUT2D eigenvalue weighted by molar-refractivity contribution is 5.60. The van der Waals surface area contributed by atoms with Crippen molar-refractivity contribution in [2.45, 2.75) is 26.1 Å². The molecule has 26 heavy (non-hydrogen) atoms. The summed E-state index contributed by atoms with van der Waals surface area (Å²) in [6.45, 7) is 2.43. The molecule has 2 N–H and O–H groups in total. The van der Waals surface area contributed by atoms with Gasteiger partial charge in [0.05, 0.1) is 18.8 Å². The van der Waals surface area contributed by atoms with Crippen LogP contribution in [0.1, 0.15) is 23.0 Å². The summed E-state index contributed by atoms with van der Waals surface area (Å²) in [7, 11) is 1.65. The molecule has 0 fully saturated rings. The summed E-state index contributed by atoms with van der Waals surface area (Å²) in [5, 5.41) is 10.6. The molecule has 3 aromatic rings. The average molecular weight is 353 g/mol. The Bertz CT molecular complexity index is 882. The standard InChI is InChI=1S/C17H19N7O2/c1-25-7-4-14-22-15(26-24-14)10-20-17-12-8-19-9-13(12)21-16(23-17)11-2-5-18-6-3-11/h2-3,5-6,19H,4,7-10H2,1H3,(H,20,21,23). The molecule has 9 heteroatoms. The summed E-state index contributed by atoms with van der Waals surface area (Å²) in [6, 6.07) is 3.79. The Morgan fingerprint density at radius 1 is 1.19 bits per heavy atom. The van der Waals surface area contributed by atoms with Gasteiger partial charge in [-0.2, -0.15) is 4.98 Å². The predicted octanol–water partition coefficient (Wildman–Crippen LogP) is 1.33. The molecule has 4 heterocycles. The van der Waals surface area contributed by atoms with Crippen LogP contribution in [0.5, 0.6) is 0 Å². The van der Waals surface area contributed by atoms with E-state index in [1.54, 1.807) is 19.5 Å². The molecule has 0 radical (unpaired) electrons. The van der Waals surface area contributed by atoms with Gasteiger partial charge in [-0.15, -0.1) is 0 Å². The van der Waals surface area contributed by atoms with Crippen LogP contribution in [0.3, 0.4) is 0 Å². The number of ether oxygens (including phenoxy) is 1. The SMILES string of the molecule is COCCc1noc(CNc2nc(-c3ccncc3)nc3c2CNC3)n1. The van der Waals surface area contributed by atoms with E-state index in [2.05, 4.69) is 35.7 Å². The van der Waals surface area contributed by atoms with Crippen LogP contribution in [0.4, 0.5) is 5.82 Å². The number of pyridine rings is 1. The van der Waals surface area contributed by atoms with Crippen molar-refractivity contribution in [1.29, 1.82) is 0 Å². The molecule has 1 aliphatic heterocycles. The van der Waals surface area contributed by atoms with Gasteiger partial charge < -0.3 is 19.9 Å². The number of methoxy groups -OCH3 is 1. The first-order valence-corrected chi connectivity index (χ1v) is 8.38. The second-order valence-electron chi connectivity index (χ2n) is 5.86. The van der Waals surface area contributed by atoms with E-state index in [-0.39, 0.29) is 0 Å². The Morgan fingerprint density at radius 2 is 2.08 bits per heavy atom. The Morgan fingerprint density at radius 3 is 2.92 bits per heavy atom. The minimum atomic E-state index is 0.402. The molecule has 0 bridgehead atoms. The molecular weight excluding hydrogens is 334 g/mol. The molecule has 4 rings (SSSR count). The van der Waals surface area contributed by atoms with Crippen LogP contribution in [0.2, 0.25) is 0 Å². The van der Waals surface area contributed by atoms with E-state index >= 15 is 0 Å². The highest BCUT2D eigenvalue weighted by Gasteiger charge is 2.20. The van der Waals surface area contributed by atoms with Crippen LogP contribution in [-0.2, 0) is 30.8 Å². The first-order chi connectivity index (χ1) is 12.8. The Balaban J connectivity index is 1.54. The fourth-order valence-electron chi connectivity index (χ4n) is 2.76. The molecule has 0 amide bonds. The molecule has 9 nitrogen and oxygen atoms in total. The predicted molar refractivity (Wildman–Crippen MR) is 93.0 cm³/mol. The second-order valence-corrected chi connectivity index (χ2v) is 5.86. The first kappa shape index (κ1) is 16.6. The Hall–Kier alpha value is -2.91. The van der Waals surface area contributed by atoms with E-state index in [1.807, 2.05) is 12.1 Å². The van der Waals surface area contributed by atoms with Crippen LogP contribution in [0, 0.1) is 0 Å². The molecule has 134 valence electrons. The molecule has 0 unspecified atom stereocenters. The third kappa shape index (κ3) is 3.53. The maximum absolute atomic E-state index is 5.27.